The van der Waals surface area contributed by atoms with Crippen LogP contribution in [0, 0.1) is 11.8 Å². The molecule has 1 heterocycles. The van der Waals surface area contributed by atoms with Crippen LogP contribution in [0.25, 0.3) is 0 Å². The van der Waals surface area contributed by atoms with Crippen molar-refractivity contribution in [3.63, 3.8) is 0 Å². The first-order chi connectivity index (χ1) is 9.61. The van der Waals surface area contributed by atoms with E-state index in [4.69, 9.17) is 10.5 Å². The molecule has 5 heteroatoms. The minimum Gasteiger partial charge on any atom is -0.462 e. The highest BCUT2D eigenvalue weighted by atomic mass is 16.5. The Labute approximate surface area is 119 Å². The van der Waals surface area contributed by atoms with Crippen molar-refractivity contribution in [2.24, 2.45) is 11.8 Å². The van der Waals surface area contributed by atoms with Crippen LogP contribution in [0.5, 0.6) is 0 Å². The topological polar surface area (TPSA) is 77.2 Å². The van der Waals surface area contributed by atoms with Crippen LogP contribution in [0.2, 0.25) is 0 Å². The minimum absolute atomic E-state index is 0.336. The number of nitrogen functional groups attached to an aromatic ring is 1. The lowest BCUT2D eigenvalue weighted by molar-refractivity contribution is 0.0527. The number of esters is 1. The lowest BCUT2D eigenvalue weighted by atomic mass is 9.98. The Kier molecular flexibility index (Phi) is 4.82. The number of rotatable bonds is 5. The molecule has 2 unspecified atom stereocenters. The van der Waals surface area contributed by atoms with E-state index in [9.17, 15) is 4.79 Å². The number of ether oxygens (including phenoxy) is 1. The smallest absolute Gasteiger partial charge is 0.340 e. The first kappa shape index (κ1) is 14.6. The highest BCUT2D eigenvalue weighted by Gasteiger charge is 2.23. The molecule has 1 aromatic heterocycles. The van der Waals surface area contributed by atoms with Gasteiger partial charge in [-0.15, -0.1) is 0 Å². The van der Waals surface area contributed by atoms with Gasteiger partial charge in [-0.3, -0.25) is 0 Å². The van der Waals surface area contributed by atoms with E-state index in [0.29, 0.717) is 29.6 Å². The highest BCUT2D eigenvalue weighted by Crippen LogP contribution is 2.31. The van der Waals surface area contributed by atoms with Gasteiger partial charge in [0, 0.05) is 6.54 Å². The Hall–Kier alpha value is -1.78. The molecule has 0 saturated heterocycles. The van der Waals surface area contributed by atoms with Crippen LogP contribution in [0.15, 0.2) is 12.3 Å². The zero-order valence-electron chi connectivity index (χ0n) is 12.2. The summed E-state index contributed by atoms with van der Waals surface area (Å²) >= 11 is 0. The number of carbonyl (C=O) groups is 1. The third-order valence-corrected chi connectivity index (χ3v) is 4.01. The molecule has 3 N–H and O–H groups in total. The number of hydrogen-bond donors (Lipinski definition) is 2. The molecule has 2 rings (SSSR count). The van der Waals surface area contributed by atoms with Gasteiger partial charge >= 0.3 is 5.97 Å². The van der Waals surface area contributed by atoms with Crippen LogP contribution in [-0.2, 0) is 4.74 Å². The molecule has 1 fully saturated rings. The molecular formula is C15H23N3O2. The molecule has 0 spiro atoms. The van der Waals surface area contributed by atoms with Gasteiger partial charge in [0.25, 0.3) is 0 Å². The molecule has 0 amide bonds. The van der Waals surface area contributed by atoms with Gasteiger partial charge in [-0.05, 0) is 31.2 Å². The number of aromatic nitrogens is 1. The van der Waals surface area contributed by atoms with E-state index in [-0.39, 0.29) is 0 Å². The largest absolute Gasteiger partial charge is 0.462 e. The quantitative estimate of drug-likeness (QED) is 0.809. The second-order valence-electron chi connectivity index (χ2n) is 5.43. The van der Waals surface area contributed by atoms with Crippen molar-refractivity contribution >= 4 is 17.5 Å². The average Bonchev–Trinajstić information content (AvgIpc) is 2.83. The lowest BCUT2D eigenvalue weighted by Crippen LogP contribution is -2.17. The summed E-state index contributed by atoms with van der Waals surface area (Å²) in [6.45, 7) is 5.29. The van der Waals surface area contributed by atoms with Crippen LogP contribution in [0.4, 0.5) is 11.5 Å². The number of pyridine rings is 1. The normalized spacial score (nSPS) is 21.7. The molecule has 20 heavy (non-hydrogen) atoms. The zero-order chi connectivity index (χ0) is 14.5. The Balaban J connectivity index is 2.01. The first-order valence-corrected chi connectivity index (χ1v) is 7.28. The monoisotopic (exact) mass is 277 g/mol. The lowest BCUT2D eigenvalue weighted by Gasteiger charge is -2.16. The molecule has 1 saturated carbocycles. The number of nitrogens with one attached hydrogen (secondary N) is 1. The summed E-state index contributed by atoms with van der Waals surface area (Å²) in [4.78, 5) is 16.0. The van der Waals surface area contributed by atoms with E-state index >= 15 is 0 Å². The molecule has 0 aromatic carbocycles. The predicted molar refractivity (Wildman–Crippen MR) is 79.6 cm³/mol. The van der Waals surface area contributed by atoms with E-state index in [2.05, 4.69) is 17.2 Å². The minimum atomic E-state index is -0.398. The Morgan fingerprint density at radius 3 is 3.00 bits per heavy atom. The molecule has 0 bridgehead atoms. The number of nitrogens with two attached hydrogens (primary N) is 1. The van der Waals surface area contributed by atoms with Crippen LogP contribution in [-0.4, -0.2) is 24.1 Å². The zero-order valence-corrected chi connectivity index (χ0v) is 12.2. The molecule has 1 aliphatic carbocycles. The van der Waals surface area contributed by atoms with Crippen molar-refractivity contribution < 1.29 is 9.53 Å². The van der Waals surface area contributed by atoms with Crippen molar-refractivity contribution in [3.05, 3.63) is 17.8 Å². The van der Waals surface area contributed by atoms with Gasteiger partial charge in [-0.1, -0.05) is 19.8 Å². The summed E-state index contributed by atoms with van der Waals surface area (Å²) < 4.78 is 4.98. The SMILES string of the molecule is CCOC(=O)c1cc(NCC2CCCC2C)ncc1N. The Morgan fingerprint density at radius 2 is 2.35 bits per heavy atom. The van der Waals surface area contributed by atoms with Crippen molar-refractivity contribution in [3.8, 4) is 0 Å². The fourth-order valence-electron chi connectivity index (χ4n) is 2.71. The summed E-state index contributed by atoms with van der Waals surface area (Å²) in [6.07, 6.45) is 5.37. The van der Waals surface area contributed by atoms with Gasteiger partial charge in [0.05, 0.1) is 24.1 Å². The van der Waals surface area contributed by atoms with Crippen molar-refractivity contribution in [2.45, 2.75) is 33.1 Å². The third kappa shape index (κ3) is 3.40. The molecule has 110 valence electrons. The van der Waals surface area contributed by atoms with E-state index in [1.165, 1.54) is 25.5 Å². The van der Waals surface area contributed by atoms with Gasteiger partial charge in [0.2, 0.25) is 0 Å². The molecule has 5 nitrogen and oxygen atoms in total. The number of anilines is 2. The number of carbonyl (C=O) groups excluding carboxylic acids is 1. The van der Waals surface area contributed by atoms with Gasteiger partial charge in [0.1, 0.15) is 5.82 Å². The summed E-state index contributed by atoms with van der Waals surface area (Å²) in [5, 5.41) is 3.31. The maximum atomic E-state index is 11.8. The van der Waals surface area contributed by atoms with Crippen molar-refractivity contribution in [2.75, 3.05) is 24.2 Å². The molecule has 0 radical (unpaired) electrons. The molecule has 2 atom stereocenters. The van der Waals surface area contributed by atoms with Crippen LogP contribution < -0.4 is 11.1 Å². The third-order valence-electron chi connectivity index (χ3n) is 4.01. The van der Waals surface area contributed by atoms with Crippen molar-refractivity contribution in [1.82, 2.24) is 4.98 Å². The van der Waals surface area contributed by atoms with E-state index < -0.39 is 5.97 Å². The predicted octanol–water partition coefficient (Wildman–Crippen LogP) is 2.69. The Bertz CT molecular complexity index is 476. The van der Waals surface area contributed by atoms with Gasteiger partial charge in [0.15, 0.2) is 0 Å². The second-order valence-corrected chi connectivity index (χ2v) is 5.43. The van der Waals surface area contributed by atoms with Crippen LogP contribution in [0.1, 0.15) is 43.5 Å². The summed E-state index contributed by atoms with van der Waals surface area (Å²) in [6, 6.07) is 1.67. The second kappa shape index (κ2) is 6.59. The van der Waals surface area contributed by atoms with E-state index in [1.54, 1.807) is 13.0 Å². The molecule has 1 aromatic rings. The molecular weight excluding hydrogens is 254 g/mol. The van der Waals surface area contributed by atoms with Gasteiger partial charge in [-0.2, -0.15) is 0 Å². The fraction of sp³-hybridized carbons (Fsp3) is 0.600. The van der Waals surface area contributed by atoms with Gasteiger partial charge in [-0.25, -0.2) is 9.78 Å². The highest BCUT2D eigenvalue weighted by molar-refractivity contribution is 5.95. The molecule has 0 aliphatic heterocycles. The summed E-state index contributed by atoms with van der Waals surface area (Å²) in [5.74, 6) is 1.72. The number of nitrogens with zero attached hydrogens (tertiary/aromatic N) is 1. The van der Waals surface area contributed by atoms with Gasteiger partial charge < -0.3 is 15.8 Å². The fourth-order valence-corrected chi connectivity index (χ4v) is 2.71. The van der Waals surface area contributed by atoms with Crippen LogP contribution in [0.3, 0.4) is 0 Å². The molecule has 1 aliphatic rings. The average molecular weight is 277 g/mol. The van der Waals surface area contributed by atoms with E-state index in [0.717, 1.165) is 12.5 Å². The summed E-state index contributed by atoms with van der Waals surface area (Å²) in [7, 11) is 0. The van der Waals surface area contributed by atoms with E-state index in [1.807, 2.05) is 0 Å². The maximum absolute atomic E-state index is 11.8. The Morgan fingerprint density at radius 1 is 1.55 bits per heavy atom. The first-order valence-electron chi connectivity index (χ1n) is 7.28. The van der Waals surface area contributed by atoms with Crippen LogP contribution >= 0.6 is 0 Å². The summed E-state index contributed by atoms with van der Waals surface area (Å²) in [5.41, 5.74) is 6.50. The number of hydrogen-bond acceptors (Lipinski definition) is 5. The van der Waals surface area contributed by atoms with Crippen molar-refractivity contribution in [1.29, 1.82) is 0 Å². The standard InChI is InChI=1S/C15H23N3O2/c1-3-20-15(19)12-7-14(18-9-13(12)16)17-8-11-6-4-5-10(11)2/h7,9-11H,3-6,8,16H2,1-2H3,(H,17,18). The maximum Gasteiger partial charge on any atom is 0.340 e.